The fourth-order valence-electron chi connectivity index (χ4n) is 3.68. The molecule has 2 nitrogen and oxygen atoms in total. The van der Waals surface area contributed by atoms with Gasteiger partial charge in [-0.2, -0.15) is 0 Å². The number of amides is 1. The van der Waals surface area contributed by atoms with Gasteiger partial charge < -0.3 is 4.90 Å². The van der Waals surface area contributed by atoms with Gasteiger partial charge in [0, 0.05) is 19.0 Å². The number of benzene rings is 2. The molecule has 2 aromatic rings. The second-order valence-electron chi connectivity index (χ2n) is 6.76. The van der Waals surface area contributed by atoms with Crippen molar-refractivity contribution in [3.8, 4) is 11.1 Å². The molecule has 0 aromatic heterocycles. The molecule has 3 rings (SSSR count). The summed E-state index contributed by atoms with van der Waals surface area (Å²) in [6, 6.07) is 17.0. The molecule has 2 aromatic carbocycles. The number of hydrogen-bond acceptors (Lipinski definition) is 1. The second kappa shape index (κ2) is 7.65. The van der Waals surface area contributed by atoms with E-state index in [1.165, 1.54) is 22.3 Å². The van der Waals surface area contributed by atoms with E-state index in [1.807, 2.05) is 0 Å². The summed E-state index contributed by atoms with van der Waals surface area (Å²) in [5.41, 5.74) is 5.04. The van der Waals surface area contributed by atoms with Crippen molar-refractivity contribution in [1.82, 2.24) is 4.90 Å². The Balaban J connectivity index is 1.94. The third-order valence-corrected chi connectivity index (χ3v) is 5.11. The van der Waals surface area contributed by atoms with Gasteiger partial charge in [0.15, 0.2) is 0 Å². The van der Waals surface area contributed by atoms with Crippen LogP contribution in [0.1, 0.15) is 50.7 Å². The van der Waals surface area contributed by atoms with E-state index in [2.05, 4.69) is 67.3 Å². The molecule has 0 bridgehead atoms. The maximum absolute atomic E-state index is 13.1. The van der Waals surface area contributed by atoms with E-state index < -0.39 is 0 Å². The van der Waals surface area contributed by atoms with Gasteiger partial charge in [-0.1, -0.05) is 75.2 Å². The Morgan fingerprint density at radius 2 is 1.50 bits per heavy atom. The summed E-state index contributed by atoms with van der Waals surface area (Å²) in [5, 5.41) is 0. The summed E-state index contributed by atoms with van der Waals surface area (Å²) in [4.78, 5) is 15.2. The highest BCUT2D eigenvalue weighted by atomic mass is 16.2. The van der Waals surface area contributed by atoms with E-state index in [9.17, 15) is 4.79 Å². The molecular weight excluding hydrogens is 294 g/mol. The number of carbonyl (C=O) groups excluding carboxylic acids is 1. The maximum Gasteiger partial charge on any atom is 0.226 e. The van der Waals surface area contributed by atoms with Crippen LogP contribution in [0.4, 0.5) is 0 Å². The van der Waals surface area contributed by atoms with Crippen LogP contribution in [0.2, 0.25) is 0 Å². The van der Waals surface area contributed by atoms with Gasteiger partial charge in [-0.15, -0.1) is 0 Å². The van der Waals surface area contributed by atoms with Crippen LogP contribution in [-0.4, -0.2) is 10.8 Å². The molecule has 0 radical (unpaired) electrons. The van der Waals surface area contributed by atoms with Crippen molar-refractivity contribution in [3.63, 3.8) is 0 Å². The van der Waals surface area contributed by atoms with Gasteiger partial charge in [0.25, 0.3) is 0 Å². The van der Waals surface area contributed by atoms with E-state index in [0.29, 0.717) is 19.0 Å². The Labute approximate surface area is 145 Å². The van der Waals surface area contributed by atoms with E-state index >= 15 is 0 Å². The van der Waals surface area contributed by atoms with Gasteiger partial charge >= 0.3 is 0 Å². The van der Waals surface area contributed by atoms with Crippen LogP contribution in [0.15, 0.2) is 48.5 Å². The molecule has 0 saturated carbocycles. The summed E-state index contributed by atoms with van der Waals surface area (Å²) in [6.45, 7) is 5.76. The van der Waals surface area contributed by atoms with Gasteiger partial charge in [0.1, 0.15) is 0 Å². The SMILES string of the molecule is CCCCC(CC)C(=O)N1Cc2ccccc2-c2ccccc2C1. The van der Waals surface area contributed by atoms with E-state index in [-0.39, 0.29) is 5.92 Å². The Morgan fingerprint density at radius 3 is 2.00 bits per heavy atom. The standard InChI is InChI=1S/C22H27NO/c1-3-5-10-17(4-2)22(24)23-15-18-11-6-8-13-20(18)21-14-9-7-12-19(21)16-23/h6-9,11-14,17H,3-5,10,15-16H2,1-2H3. The molecule has 0 spiro atoms. The first-order chi connectivity index (χ1) is 11.7. The lowest BCUT2D eigenvalue weighted by Gasteiger charge is -2.26. The molecule has 2 heteroatoms. The smallest absolute Gasteiger partial charge is 0.226 e. The summed E-state index contributed by atoms with van der Waals surface area (Å²) in [5.74, 6) is 0.472. The molecule has 1 amide bonds. The van der Waals surface area contributed by atoms with Gasteiger partial charge in [-0.05, 0) is 35.1 Å². The quantitative estimate of drug-likeness (QED) is 0.721. The molecule has 0 aliphatic carbocycles. The van der Waals surface area contributed by atoms with Crippen molar-refractivity contribution < 1.29 is 4.79 Å². The first kappa shape index (κ1) is 16.8. The normalized spacial score (nSPS) is 14.5. The lowest BCUT2D eigenvalue weighted by molar-refractivity contribution is -0.137. The van der Waals surface area contributed by atoms with Gasteiger partial charge in [0.05, 0.1) is 0 Å². The topological polar surface area (TPSA) is 20.3 Å². The van der Waals surface area contributed by atoms with Crippen LogP contribution in [0.3, 0.4) is 0 Å². The zero-order chi connectivity index (χ0) is 16.9. The Hall–Kier alpha value is -2.09. The van der Waals surface area contributed by atoms with Crippen LogP contribution in [0, 0.1) is 5.92 Å². The maximum atomic E-state index is 13.1. The molecule has 126 valence electrons. The number of hydrogen-bond donors (Lipinski definition) is 0. The first-order valence-corrected chi connectivity index (χ1v) is 9.19. The highest BCUT2D eigenvalue weighted by molar-refractivity contribution is 5.81. The molecular formula is C22H27NO. The molecule has 0 N–H and O–H groups in total. The summed E-state index contributed by atoms with van der Waals surface area (Å²) < 4.78 is 0. The minimum atomic E-state index is 0.155. The minimum absolute atomic E-state index is 0.155. The number of nitrogens with zero attached hydrogens (tertiary/aromatic N) is 1. The number of carbonyl (C=O) groups is 1. The van der Waals surface area contributed by atoms with Gasteiger partial charge in [-0.3, -0.25) is 4.79 Å². The van der Waals surface area contributed by atoms with E-state index in [0.717, 1.165) is 25.7 Å². The van der Waals surface area contributed by atoms with Gasteiger partial charge in [-0.25, -0.2) is 0 Å². The second-order valence-corrected chi connectivity index (χ2v) is 6.76. The molecule has 1 atom stereocenters. The van der Waals surface area contributed by atoms with Gasteiger partial charge in [0.2, 0.25) is 5.91 Å². The summed E-state index contributed by atoms with van der Waals surface area (Å²) >= 11 is 0. The number of rotatable bonds is 5. The third kappa shape index (κ3) is 3.38. The largest absolute Gasteiger partial charge is 0.334 e. The Bertz CT molecular complexity index is 659. The highest BCUT2D eigenvalue weighted by Crippen LogP contribution is 2.33. The molecule has 1 aliphatic heterocycles. The third-order valence-electron chi connectivity index (χ3n) is 5.11. The minimum Gasteiger partial charge on any atom is -0.334 e. The number of fused-ring (bicyclic) bond motifs is 3. The van der Waals surface area contributed by atoms with Crippen molar-refractivity contribution in [1.29, 1.82) is 0 Å². The lowest BCUT2D eigenvalue weighted by atomic mass is 9.97. The Kier molecular flexibility index (Phi) is 5.34. The van der Waals surface area contributed by atoms with Crippen LogP contribution in [0.5, 0.6) is 0 Å². The predicted octanol–water partition coefficient (Wildman–Crippen LogP) is 5.41. The van der Waals surface area contributed by atoms with E-state index in [4.69, 9.17) is 0 Å². The first-order valence-electron chi connectivity index (χ1n) is 9.19. The Morgan fingerprint density at radius 1 is 0.958 bits per heavy atom. The molecule has 1 aliphatic rings. The summed E-state index contributed by atoms with van der Waals surface area (Å²) in [7, 11) is 0. The van der Waals surface area contributed by atoms with Crippen molar-refractivity contribution in [2.24, 2.45) is 5.92 Å². The summed E-state index contributed by atoms with van der Waals surface area (Å²) in [6.07, 6.45) is 4.21. The lowest BCUT2D eigenvalue weighted by Crippen LogP contribution is -2.34. The molecule has 0 saturated heterocycles. The predicted molar refractivity (Wildman–Crippen MR) is 99.4 cm³/mol. The monoisotopic (exact) mass is 321 g/mol. The van der Waals surface area contributed by atoms with Crippen LogP contribution in [-0.2, 0) is 17.9 Å². The zero-order valence-corrected chi connectivity index (χ0v) is 14.8. The zero-order valence-electron chi connectivity index (χ0n) is 14.8. The average Bonchev–Trinajstić information content (AvgIpc) is 2.79. The molecule has 1 heterocycles. The van der Waals surface area contributed by atoms with Crippen LogP contribution in [0.25, 0.3) is 11.1 Å². The molecule has 0 fully saturated rings. The van der Waals surface area contributed by atoms with Crippen LogP contribution >= 0.6 is 0 Å². The highest BCUT2D eigenvalue weighted by Gasteiger charge is 2.26. The van der Waals surface area contributed by atoms with E-state index in [1.54, 1.807) is 0 Å². The van der Waals surface area contributed by atoms with Crippen molar-refractivity contribution in [3.05, 3.63) is 59.7 Å². The fourth-order valence-corrected chi connectivity index (χ4v) is 3.68. The molecule has 24 heavy (non-hydrogen) atoms. The fraction of sp³-hybridized carbons (Fsp3) is 0.409. The van der Waals surface area contributed by atoms with Crippen LogP contribution < -0.4 is 0 Å². The van der Waals surface area contributed by atoms with Crippen molar-refractivity contribution in [2.75, 3.05) is 0 Å². The average molecular weight is 321 g/mol. The van der Waals surface area contributed by atoms with Crippen molar-refractivity contribution in [2.45, 2.75) is 52.6 Å². The van der Waals surface area contributed by atoms with Crippen molar-refractivity contribution >= 4 is 5.91 Å². The number of unbranched alkanes of at least 4 members (excludes halogenated alkanes) is 1. The molecule has 1 unspecified atom stereocenters.